The minimum atomic E-state index is -1.07. The van der Waals surface area contributed by atoms with Crippen LogP contribution in [-0.2, 0) is 4.79 Å². The molecule has 0 aliphatic heterocycles. The first kappa shape index (κ1) is 14.5. The van der Waals surface area contributed by atoms with E-state index in [1.807, 2.05) is 0 Å². The maximum atomic E-state index is 11.4. The number of carboxylic acids is 1. The number of pyridine rings is 1. The predicted octanol–water partition coefficient (Wildman–Crippen LogP) is 1.75. The Morgan fingerprint density at radius 1 is 1.39 bits per heavy atom. The summed E-state index contributed by atoms with van der Waals surface area (Å²) in [5.41, 5.74) is 7.04. The molecule has 0 aliphatic carbocycles. The molecule has 1 aromatic heterocycles. The maximum absolute atomic E-state index is 11.4. The lowest BCUT2D eigenvalue weighted by Crippen LogP contribution is -2.28. The fourth-order valence-corrected chi connectivity index (χ4v) is 2.59. The van der Waals surface area contributed by atoms with Gasteiger partial charge >= 0.3 is 5.97 Å². The van der Waals surface area contributed by atoms with Crippen LogP contribution in [0.5, 0.6) is 0 Å². The van der Waals surface area contributed by atoms with Gasteiger partial charge in [0.25, 0.3) is 5.91 Å². The van der Waals surface area contributed by atoms with Crippen LogP contribution in [0, 0.1) is 13.8 Å². The molecule has 0 aromatic carbocycles. The maximum Gasteiger partial charge on any atom is 0.319 e. The first-order valence-corrected chi connectivity index (χ1v) is 6.17. The molecule has 3 N–H and O–H groups in total. The van der Waals surface area contributed by atoms with Gasteiger partial charge in [-0.2, -0.15) is 0 Å². The van der Waals surface area contributed by atoms with Crippen LogP contribution in [0.25, 0.3) is 0 Å². The lowest BCUT2D eigenvalue weighted by Gasteiger charge is -2.20. The zero-order valence-corrected chi connectivity index (χ0v) is 11.6. The van der Waals surface area contributed by atoms with E-state index in [2.05, 4.69) is 4.98 Å². The van der Waals surface area contributed by atoms with Crippen molar-refractivity contribution in [2.75, 3.05) is 0 Å². The molecule has 98 valence electrons. The summed E-state index contributed by atoms with van der Waals surface area (Å²) in [7, 11) is 0. The second-order valence-corrected chi connectivity index (χ2v) is 6.15. The number of hydrogen-bond acceptors (Lipinski definition) is 4. The highest BCUT2D eigenvalue weighted by Crippen LogP contribution is 2.34. The number of thioether (sulfide) groups is 1. The molecule has 0 radical (unpaired) electrons. The summed E-state index contributed by atoms with van der Waals surface area (Å²) in [6.45, 7) is 6.66. The number of primary amides is 1. The Labute approximate surface area is 110 Å². The summed E-state index contributed by atoms with van der Waals surface area (Å²) >= 11 is 1.03. The number of aryl methyl sites for hydroxylation is 2. The number of nitrogens with zero attached hydrogens (tertiary/aromatic N) is 1. The molecule has 5 nitrogen and oxygen atoms in total. The highest BCUT2D eigenvalue weighted by molar-refractivity contribution is 8.01. The van der Waals surface area contributed by atoms with E-state index in [9.17, 15) is 9.59 Å². The molecule has 1 amide bonds. The Morgan fingerprint density at radius 3 is 2.39 bits per heavy atom. The molecule has 6 heteroatoms. The van der Waals surface area contributed by atoms with Gasteiger partial charge in [0.05, 0.1) is 5.56 Å². The van der Waals surface area contributed by atoms with Crippen LogP contribution in [0.15, 0.2) is 11.1 Å². The zero-order chi connectivity index (χ0) is 14.1. The number of aromatic nitrogens is 1. The number of aliphatic carboxylic acids is 1. The third kappa shape index (κ3) is 3.01. The largest absolute Gasteiger partial charge is 0.480 e. The van der Waals surface area contributed by atoms with Gasteiger partial charge in [0, 0.05) is 5.69 Å². The van der Waals surface area contributed by atoms with E-state index in [0.29, 0.717) is 16.2 Å². The normalized spacial score (nSPS) is 11.3. The molecule has 0 unspecified atom stereocenters. The monoisotopic (exact) mass is 268 g/mol. The Hall–Kier alpha value is -1.56. The number of nitrogens with two attached hydrogens (primary N) is 1. The molecule has 0 atom stereocenters. The minimum absolute atomic E-state index is 0.292. The molecule has 0 fully saturated rings. The molecule has 0 spiro atoms. The molecule has 0 aliphatic rings. The Balaban J connectivity index is 3.32. The third-order valence-electron chi connectivity index (χ3n) is 2.42. The smallest absolute Gasteiger partial charge is 0.319 e. The number of rotatable bonds is 4. The first-order chi connectivity index (χ1) is 8.15. The van der Waals surface area contributed by atoms with Gasteiger partial charge in [0.1, 0.15) is 9.77 Å². The minimum Gasteiger partial charge on any atom is -0.480 e. The van der Waals surface area contributed by atoms with Gasteiger partial charge in [-0.25, -0.2) is 4.98 Å². The molecule has 0 bridgehead atoms. The van der Waals surface area contributed by atoms with Crippen LogP contribution >= 0.6 is 11.8 Å². The van der Waals surface area contributed by atoms with Gasteiger partial charge in [0.2, 0.25) is 0 Å². The van der Waals surface area contributed by atoms with Crippen molar-refractivity contribution < 1.29 is 14.7 Å². The first-order valence-electron chi connectivity index (χ1n) is 5.35. The lowest BCUT2D eigenvalue weighted by molar-refractivity contribution is -0.138. The fraction of sp³-hybridized carbons (Fsp3) is 0.417. The van der Waals surface area contributed by atoms with Gasteiger partial charge < -0.3 is 10.8 Å². The molecular formula is C12H16N2O3S. The van der Waals surface area contributed by atoms with E-state index in [-0.39, 0.29) is 0 Å². The van der Waals surface area contributed by atoms with Crippen LogP contribution in [0.1, 0.15) is 35.5 Å². The van der Waals surface area contributed by atoms with Crippen LogP contribution < -0.4 is 5.73 Å². The van der Waals surface area contributed by atoms with Crippen LogP contribution in [0.2, 0.25) is 0 Å². The Kier molecular flexibility index (Phi) is 4.01. The standard InChI is InChI=1S/C12H16N2O3S/c1-6-5-7(2)14-10(8(6)9(13)15)18-12(3,4)11(16)17/h5H,1-4H3,(H2,13,15)(H,16,17). The van der Waals surface area contributed by atoms with Crippen molar-refractivity contribution in [2.24, 2.45) is 5.73 Å². The number of amides is 1. The van der Waals surface area contributed by atoms with Crippen molar-refractivity contribution in [3.8, 4) is 0 Å². The van der Waals surface area contributed by atoms with Crippen molar-refractivity contribution in [1.29, 1.82) is 0 Å². The third-order valence-corrected chi connectivity index (χ3v) is 3.60. The van der Waals surface area contributed by atoms with Crippen LogP contribution in [0.4, 0.5) is 0 Å². The predicted molar refractivity (Wildman–Crippen MR) is 69.8 cm³/mol. The lowest BCUT2D eigenvalue weighted by atomic mass is 10.1. The van der Waals surface area contributed by atoms with E-state index in [4.69, 9.17) is 10.8 Å². The van der Waals surface area contributed by atoms with Gasteiger partial charge in [0.15, 0.2) is 0 Å². The number of hydrogen-bond donors (Lipinski definition) is 2. The second kappa shape index (κ2) is 4.97. The van der Waals surface area contributed by atoms with Gasteiger partial charge in [-0.1, -0.05) is 11.8 Å². The molecule has 1 rings (SSSR count). The van der Waals surface area contributed by atoms with E-state index >= 15 is 0 Å². The van der Waals surface area contributed by atoms with Crippen molar-refractivity contribution in [3.05, 3.63) is 22.9 Å². The SMILES string of the molecule is Cc1cc(C)c(C(N)=O)c(SC(C)(C)C(=O)O)n1. The number of carboxylic acid groups (broad SMARTS) is 1. The fourth-order valence-electron chi connectivity index (χ4n) is 1.46. The van der Waals surface area contributed by atoms with Gasteiger partial charge in [-0.15, -0.1) is 0 Å². The highest BCUT2D eigenvalue weighted by Gasteiger charge is 2.31. The second-order valence-electron chi connectivity index (χ2n) is 4.54. The summed E-state index contributed by atoms with van der Waals surface area (Å²) in [6, 6.07) is 1.75. The Morgan fingerprint density at radius 2 is 1.94 bits per heavy atom. The van der Waals surface area contributed by atoms with Gasteiger partial charge in [-0.05, 0) is 39.3 Å². The molecular weight excluding hydrogens is 252 g/mol. The topological polar surface area (TPSA) is 93.3 Å². The van der Waals surface area contributed by atoms with Crippen molar-refractivity contribution >= 4 is 23.6 Å². The van der Waals surface area contributed by atoms with Crippen LogP contribution in [-0.4, -0.2) is 26.7 Å². The molecule has 18 heavy (non-hydrogen) atoms. The van der Waals surface area contributed by atoms with Gasteiger partial charge in [-0.3, -0.25) is 9.59 Å². The summed E-state index contributed by atoms with van der Waals surface area (Å²) in [5.74, 6) is -1.56. The summed E-state index contributed by atoms with van der Waals surface area (Å²) in [4.78, 5) is 26.8. The summed E-state index contributed by atoms with van der Waals surface area (Å²) in [6.07, 6.45) is 0. The number of carbonyl (C=O) groups is 2. The van der Waals surface area contributed by atoms with Crippen molar-refractivity contribution in [3.63, 3.8) is 0 Å². The molecule has 0 saturated carbocycles. The van der Waals surface area contributed by atoms with Crippen molar-refractivity contribution in [1.82, 2.24) is 4.98 Å². The average Bonchev–Trinajstić information content (AvgIpc) is 2.13. The zero-order valence-electron chi connectivity index (χ0n) is 10.8. The van der Waals surface area contributed by atoms with Crippen LogP contribution in [0.3, 0.4) is 0 Å². The summed E-state index contributed by atoms with van der Waals surface area (Å²) < 4.78 is -1.07. The summed E-state index contributed by atoms with van der Waals surface area (Å²) in [5, 5.41) is 9.47. The molecule has 1 aromatic rings. The van der Waals surface area contributed by atoms with E-state index in [0.717, 1.165) is 17.5 Å². The average molecular weight is 268 g/mol. The van der Waals surface area contributed by atoms with E-state index in [1.165, 1.54) is 0 Å². The molecule has 0 saturated heterocycles. The Bertz CT molecular complexity index is 512. The number of carbonyl (C=O) groups excluding carboxylic acids is 1. The highest BCUT2D eigenvalue weighted by atomic mass is 32.2. The van der Waals surface area contributed by atoms with E-state index < -0.39 is 16.6 Å². The molecule has 1 heterocycles. The van der Waals surface area contributed by atoms with Crippen molar-refractivity contribution in [2.45, 2.75) is 37.5 Å². The quantitative estimate of drug-likeness (QED) is 0.811. The van der Waals surface area contributed by atoms with E-state index in [1.54, 1.807) is 33.8 Å².